The number of hydrogen-bond donors (Lipinski definition) is 1. The molecule has 1 N–H and O–H groups in total. The highest BCUT2D eigenvalue weighted by atomic mass is 32.2. The SMILES string of the molecule is CCc1cccc(NS(=O)(=O)c2cc(C(=O)OC)n(C)c2)c1. The van der Waals surface area contributed by atoms with Gasteiger partial charge < -0.3 is 9.30 Å². The molecule has 0 aliphatic carbocycles. The summed E-state index contributed by atoms with van der Waals surface area (Å²) in [6.45, 7) is 1.99. The van der Waals surface area contributed by atoms with Crippen LogP contribution in [0.25, 0.3) is 0 Å². The molecule has 0 unspecified atom stereocenters. The minimum Gasteiger partial charge on any atom is -0.464 e. The van der Waals surface area contributed by atoms with Gasteiger partial charge in [0, 0.05) is 18.9 Å². The Hall–Kier alpha value is -2.28. The van der Waals surface area contributed by atoms with Gasteiger partial charge in [0.1, 0.15) is 10.6 Å². The first kappa shape index (κ1) is 16.1. The number of nitrogens with one attached hydrogen (secondary N) is 1. The highest BCUT2D eigenvalue weighted by molar-refractivity contribution is 7.92. The lowest BCUT2D eigenvalue weighted by molar-refractivity contribution is 0.0590. The number of esters is 1. The number of aromatic nitrogens is 1. The average molecular weight is 322 g/mol. The molecule has 2 rings (SSSR count). The fourth-order valence-electron chi connectivity index (χ4n) is 2.06. The largest absolute Gasteiger partial charge is 0.464 e. The summed E-state index contributed by atoms with van der Waals surface area (Å²) in [6.07, 6.45) is 2.19. The summed E-state index contributed by atoms with van der Waals surface area (Å²) >= 11 is 0. The van der Waals surface area contributed by atoms with Gasteiger partial charge in [-0.3, -0.25) is 4.72 Å². The molecule has 6 nitrogen and oxygen atoms in total. The van der Waals surface area contributed by atoms with Gasteiger partial charge in [-0.1, -0.05) is 19.1 Å². The molecule has 0 atom stereocenters. The van der Waals surface area contributed by atoms with E-state index in [1.165, 1.54) is 23.9 Å². The molecule has 0 saturated heterocycles. The van der Waals surface area contributed by atoms with Crippen LogP contribution >= 0.6 is 0 Å². The van der Waals surface area contributed by atoms with Crippen molar-refractivity contribution in [1.29, 1.82) is 0 Å². The molecule has 1 aromatic heterocycles. The smallest absolute Gasteiger partial charge is 0.354 e. The molecule has 0 amide bonds. The number of aryl methyl sites for hydroxylation is 2. The highest BCUT2D eigenvalue weighted by Gasteiger charge is 2.21. The molecule has 1 aromatic carbocycles. The second-order valence-electron chi connectivity index (χ2n) is 4.82. The fourth-order valence-corrected chi connectivity index (χ4v) is 3.18. The van der Waals surface area contributed by atoms with Crippen molar-refractivity contribution in [1.82, 2.24) is 4.57 Å². The Bertz CT molecular complexity index is 794. The molecule has 0 bridgehead atoms. The zero-order chi connectivity index (χ0) is 16.3. The molecule has 22 heavy (non-hydrogen) atoms. The predicted octanol–water partition coefficient (Wildman–Crippen LogP) is 2.17. The zero-order valence-electron chi connectivity index (χ0n) is 12.7. The number of ether oxygens (including phenoxy) is 1. The maximum atomic E-state index is 12.4. The minimum atomic E-state index is -3.76. The number of carbonyl (C=O) groups is 1. The van der Waals surface area contributed by atoms with Gasteiger partial charge in [0.05, 0.1) is 7.11 Å². The van der Waals surface area contributed by atoms with Gasteiger partial charge >= 0.3 is 5.97 Å². The molecule has 7 heteroatoms. The molecule has 118 valence electrons. The number of sulfonamides is 1. The maximum absolute atomic E-state index is 12.4. The van der Waals surface area contributed by atoms with Crippen LogP contribution in [0.15, 0.2) is 41.4 Å². The van der Waals surface area contributed by atoms with Crippen LogP contribution in [-0.4, -0.2) is 26.1 Å². The van der Waals surface area contributed by atoms with Crippen LogP contribution in [0, 0.1) is 0 Å². The third kappa shape index (κ3) is 3.30. The lowest BCUT2D eigenvalue weighted by Gasteiger charge is -2.07. The van der Waals surface area contributed by atoms with Gasteiger partial charge in [-0.25, -0.2) is 13.2 Å². The van der Waals surface area contributed by atoms with Crippen molar-refractivity contribution in [3.05, 3.63) is 47.8 Å². The molecule has 0 aliphatic heterocycles. The van der Waals surface area contributed by atoms with Gasteiger partial charge in [0.2, 0.25) is 0 Å². The standard InChI is InChI=1S/C15H18N2O4S/c1-4-11-6-5-7-12(8-11)16-22(19,20)13-9-14(15(18)21-3)17(2)10-13/h5-10,16H,4H2,1-3H3. The van der Waals surface area contributed by atoms with E-state index in [0.29, 0.717) is 5.69 Å². The second-order valence-corrected chi connectivity index (χ2v) is 6.51. The summed E-state index contributed by atoms with van der Waals surface area (Å²) in [6, 6.07) is 8.47. The van der Waals surface area contributed by atoms with Crippen molar-refractivity contribution >= 4 is 21.7 Å². The van der Waals surface area contributed by atoms with Crippen LogP contribution in [-0.2, 0) is 28.2 Å². The second kappa shape index (κ2) is 6.23. The Balaban J connectivity index is 2.32. The summed E-state index contributed by atoms with van der Waals surface area (Å²) < 4.78 is 33.4. The van der Waals surface area contributed by atoms with Crippen LogP contribution in [0.5, 0.6) is 0 Å². The van der Waals surface area contributed by atoms with Crippen LogP contribution in [0.4, 0.5) is 5.69 Å². The number of rotatable bonds is 5. The lowest BCUT2D eigenvalue weighted by Crippen LogP contribution is -2.12. The molecule has 1 heterocycles. The monoisotopic (exact) mass is 322 g/mol. The van der Waals surface area contributed by atoms with Crippen molar-refractivity contribution in [3.8, 4) is 0 Å². The Kier molecular flexibility index (Phi) is 4.56. The Labute approximate surface area is 129 Å². The normalized spacial score (nSPS) is 11.2. The number of benzene rings is 1. The molecule has 2 aromatic rings. The quantitative estimate of drug-likeness (QED) is 0.856. The van der Waals surface area contributed by atoms with Crippen molar-refractivity contribution < 1.29 is 17.9 Å². The summed E-state index contributed by atoms with van der Waals surface area (Å²) in [4.78, 5) is 11.6. The number of nitrogens with zero attached hydrogens (tertiary/aromatic N) is 1. The van der Waals surface area contributed by atoms with Gasteiger partial charge in [0.15, 0.2) is 0 Å². The van der Waals surface area contributed by atoms with Gasteiger partial charge in [-0.05, 0) is 30.2 Å². The fraction of sp³-hybridized carbons (Fsp3) is 0.267. The van der Waals surface area contributed by atoms with Crippen LogP contribution in [0.3, 0.4) is 0 Å². The molecule has 0 radical (unpaired) electrons. The first-order chi connectivity index (χ1) is 10.4. The van der Waals surface area contributed by atoms with Gasteiger partial charge in [0.25, 0.3) is 10.0 Å². The van der Waals surface area contributed by atoms with Crippen molar-refractivity contribution in [2.24, 2.45) is 7.05 Å². The topological polar surface area (TPSA) is 77.4 Å². The molecular weight excluding hydrogens is 304 g/mol. The molecule has 0 saturated carbocycles. The number of anilines is 1. The van der Waals surface area contributed by atoms with Gasteiger partial charge in [-0.15, -0.1) is 0 Å². The Morgan fingerprint density at radius 2 is 2.05 bits per heavy atom. The first-order valence-corrected chi connectivity index (χ1v) is 8.22. The Morgan fingerprint density at radius 1 is 1.32 bits per heavy atom. The zero-order valence-corrected chi connectivity index (χ0v) is 13.5. The number of hydrogen-bond acceptors (Lipinski definition) is 4. The van der Waals surface area contributed by atoms with E-state index in [1.807, 2.05) is 13.0 Å². The molecule has 0 fully saturated rings. The highest BCUT2D eigenvalue weighted by Crippen LogP contribution is 2.19. The van der Waals surface area contributed by atoms with Crippen molar-refractivity contribution in [2.75, 3.05) is 11.8 Å². The number of methoxy groups -OCH3 is 1. The van der Waals surface area contributed by atoms with E-state index in [4.69, 9.17) is 0 Å². The third-order valence-electron chi connectivity index (χ3n) is 3.27. The van der Waals surface area contributed by atoms with E-state index in [0.717, 1.165) is 12.0 Å². The molecular formula is C15H18N2O4S. The van der Waals surface area contributed by atoms with Crippen LogP contribution in [0.2, 0.25) is 0 Å². The van der Waals surface area contributed by atoms with E-state index >= 15 is 0 Å². The maximum Gasteiger partial charge on any atom is 0.354 e. The van der Waals surface area contributed by atoms with Crippen molar-refractivity contribution in [3.63, 3.8) is 0 Å². The van der Waals surface area contributed by atoms with E-state index in [-0.39, 0.29) is 10.6 Å². The van der Waals surface area contributed by atoms with Crippen molar-refractivity contribution in [2.45, 2.75) is 18.2 Å². The summed E-state index contributed by atoms with van der Waals surface area (Å²) in [5.41, 5.74) is 1.69. The third-order valence-corrected chi connectivity index (χ3v) is 4.62. The average Bonchev–Trinajstić information content (AvgIpc) is 2.89. The summed E-state index contributed by atoms with van der Waals surface area (Å²) in [5, 5.41) is 0. The van der Waals surface area contributed by atoms with Crippen LogP contribution < -0.4 is 4.72 Å². The molecule has 0 spiro atoms. The lowest BCUT2D eigenvalue weighted by atomic mass is 10.1. The molecule has 0 aliphatic rings. The summed E-state index contributed by atoms with van der Waals surface area (Å²) in [7, 11) is -0.926. The Morgan fingerprint density at radius 3 is 2.68 bits per heavy atom. The minimum absolute atomic E-state index is 0.0114. The van der Waals surface area contributed by atoms with E-state index in [2.05, 4.69) is 9.46 Å². The first-order valence-electron chi connectivity index (χ1n) is 6.74. The number of carbonyl (C=O) groups excluding carboxylic acids is 1. The summed E-state index contributed by atoms with van der Waals surface area (Å²) in [5.74, 6) is -0.586. The van der Waals surface area contributed by atoms with Gasteiger partial charge in [-0.2, -0.15) is 0 Å². The van der Waals surface area contributed by atoms with E-state index < -0.39 is 16.0 Å². The van der Waals surface area contributed by atoms with Crippen LogP contribution in [0.1, 0.15) is 23.0 Å². The predicted molar refractivity (Wildman–Crippen MR) is 83.4 cm³/mol. The van der Waals surface area contributed by atoms with E-state index in [1.54, 1.807) is 25.2 Å². The van der Waals surface area contributed by atoms with E-state index in [9.17, 15) is 13.2 Å².